The Morgan fingerprint density at radius 2 is 1.38 bits per heavy atom. The predicted molar refractivity (Wildman–Crippen MR) is 112 cm³/mol. The summed E-state index contributed by atoms with van der Waals surface area (Å²) in [7, 11) is 1.64. The van der Waals surface area contributed by atoms with Crippen molar-refractivity contribution in [3.8, 4) is 0 Å². The van der Waals surface area contributed by atoms with Crippen LogP contribution >= 0.6 is 10.2 Å². The van der Waals surface area contributed by atoms with Crippen LogP contribution in [0.25, 0.3) is 0 Å². The molecular formula is C20H25O10SSe. The molecule has 1 saturated heterocycles. The van der Waals surface area contributed by atoms with Gasteiger partial charge in [-0.15, -0.1) is 0 Å². The van der Waals surface area contributed by atoms with Crippen molar-refractivity contribution < 1.29 is 48.0 Å². The predicted octanol–water partition coefficient (Wildman–Crippen LogP) is 0.924. The number of esters is 4. The topological polar surface area (TPSA) is 135 Å². The normalized spacial score (nSPS) is 24.2. The molecule has 0 saturated carbocycles. The van der Waals surface area contributed by atoms with E-state index in [2.05, 4.69) is 27.0 Å². The molecule has 0 bridgehead atoms. The average Bonchev–Trinajstić information content (AvgIpc) is 2.71. The van der Waals surface area contributed by atoms with Gasteiger partial charge >= 0.3 is 84.2 Å². The Morgan fingerprint density at radius 1 is 0.875 bits per heavy atom. The average molecular weight is 536 g/mol. The third-order valence-electron chi connectivity index (χ3n) is 3.81. The molecular weight excluding hydrogens is 511 g/mol. The summed E-state index contributed by atoms with van der Waals surface area (Å²) in [5.41, 5.74) is 0. The van der Waals surface area contributed by atoms with Crippen LogP contribution < -0.4 is 0 Å². The molecule has 177 valence electrons. The van der Waals surface area contributed by atoms with Crippen molar-refractivity contribution in [2.45, 2.75) is 63.3 Å². The van der Waals surface area contributed by atoms with Crippen LogP contribution in [-0.2, 0) is 42.9 Å². The fourth-order valence-electron chi connectivity index (χ4n) is 2.68. The van der Waals surface area contributed by atoms with Gasteiger partial charge in [0.25, 0.3) is 0 Å². The first-order valence-corrected chi connectivity index (χ1v) is 12.2. The van der Waals surface area contributed by atoms with E-state index in [0.717, 1.165) is 27.7 Å². The van der Waals surface area contributed by atoms with Gasteiger partial charge < -0.3 is 28.8 Å². The van der Waals surface area contributed by atoms with Crippen molar-refractivity contribution in [2.75, 3.05) is 6.61 Å². The van der Waals surface area contributed by atoms with E-state index in [9.17, 15) is 24.3 Å². The van der Waals surface area contributed by atoms with E-state index in [0.29, 0.717) is 0 Å². The van der Waals surface area contributed by atoms with E-state index in [4.69, 9.17) is 23.7 Å². The summed E-state index contributed by atoms with van der Waals surface area (Å²) in [5.74, 6) is -2.87. The fourth-order valence-corrected chi connectivity index (χ4v) is 3.65. The molecule has 1 N–H and O–H groups in total. The molecule has 1 fully saturated rings. The molecule has 1 radical (unpaired) electrons. The summed E-state index contributed by atoms with van der Waals surface area (Å²) in [6.07, 6.45) is -6.79. The van der Waals surface area contributed by atoms with Gasteiger partial charge in [0.1, 0.15) is 12.7 Å². The van der Waals surface area contributed by atoms with Crippen molar-refractivity contribution in [1.29, 1.82) is 0 Å². The molecule has 0 unspecified atom stereocenters. The van der Waals surface area contributed by atoms with E-state index in [1.54, 1.807) is 10.2 Å². The number of ether oxygens (including phenoxy) is 5. The first-order chi connectivity index (χ1) is 15.0. The zero-order chi connectivity index (χ0) is 24.3. The number of carbonyl (C=O) groups excluding carboxylic acids is 4. The van der Waals surface area contributed by atoms with Crippen molar-refractivity contribution in [1.82, 2.24) is 0 Å². The van der Waals surface area contributed by atoms with E-state index in [1.165, 1.54) is 4.90 Å². The molecule has 32 heavy (non-hydrogen) atoms. The summed E-state index contributed by atoms with van der Waals surface area (Å²) in [6.45, 7) is 4.09. The maximum absolute atomic E-state index is 11.3. The van der Waals surface area contributed by atoms with E-state index in [1.807, 2.05) is 18.2 Å². The molecule has 1 aliphatic heterocycles. The fraction of sp³-hybridized carbons (Fsp3) is 0.500. The second-order valence-corrected chi connectivity index (χ2v) is 8.17. The Hall–Kier alpha value is -2.11. The Bertz CT molecular complexity index is 775. The number of aliphatic hydroxyl groups excluding tert-OH is 1. The molecule has 1 aliphatic rings. The summed E-state index contributed by atoms with van der Waals surface area (Å²) < 4.78 is 25.0. The minimum atomic E-state index is -1.68. The number of hydrogen-bond donors (Lipinski definition) is 1. The molecule has 1 aromatic carbocycles. The van der Waals surface area contributed by atoms with Crippen molar-refractivity contribution >= 4 is 48.9 Å². The van der Waals surface area contributed by atoms with Gasteiger partial charge in [-0.3, -0.25) is 19.2 Å². The van der Waals surface area contributed by atoms with E-state index in [-0.39, 0.29) is 6.61 Å². The van der Waals surface area contributed by atoms with Gasteiger partial charge in [-0.05, 0) is 0 Å². The van der Waals surface area contributed by atoms with Crippen LogP contribution in [0.1, 0.15) is 27.7 Å². The van der Waals surface area contributed by atoms with Gasteiger partial charge in [-0.2, -0.15) is 0 Å². The summed E-state index contributed by atoms with van der Waals surface area (Å²) >= 11 is 2.88. The Balaban J connectivity index is 0.000000533. The first kappa shape index (κ1) is 27.9. The van der Waals surface area contributed by atoms with Crippen LogP contribution in [-0.4, -0.2) is 81.2 Å². The molecule has 10 nitrogen and oxygen atoms in total. The second-order valence-electron chi connectivity index (χ2n) is 6.49. The number of benzene rings is 1. The maximum atomic E-state index is 11.3. The van der Waals surface area contributed by atoms with Gasteiger partial charge in [0, 0.05) is 27.7 Å². The zero-order valence-corrected chi connectivity index (χ0v) is 20.4. The third-order valence-corrected chi connectivity index (χ3v) is 5.48. The zero-order valence-electron chi connectivity index (χ0n) is 17.9. The van der Waals surface area contributed by atoms with Gasteiger partial charge in [0.15, 0.2) is 24.6 Å². The minimum absolute atomic E-state index is 0.366. The molecule has 0 amide bonds. The van der Waals surface area contributed by atoms with Gasteiger partial charge in [-0.25, -0.2) is 0 Å². The molecule has 1 aromatic rings. The Kier molecular flexibility index (Phi) is 12.3. The van der Waals surface area contributed by atoms with Gasteiger partial charge in [0.05, 0.1) is 0 Å². The molecule has 0 spiro atoms. The van der Waals surface area contributed by atoms with Crippen LogP contribution in [0.5, 0.6) is 0 Å². The second kappa shape index (κ2) is 14.1. The molecule has 0 aliphatic carbocycles. The Morgan fingerprint density at radius 3 is 1.81 bits per heavy atom. The van der Waals surface area contributed by atoms with Crippen molar-refractivity contribution in [3.63, 3.8) is 0 Å². The van der Waals surface area contributed by atoms with Gasteiger partial charge in [-0.1, -0.05) is 0 Å². The summed E-state index contributed by atoms with van der Waals surface area (Å²) in [6, 6.07) is 10.2. The van der Waals surface area contributed by atoms with Crippen molar-refractivity contribution in [2.24, 2.45) is 0 Å². The van der Waals surface area contributed by atoms with Crippen LogP contribution in [0, 0.1) is 0 Å². The van der Waals surface area contributed by atoms with E-state index >= 15 is 0 Å². The Labute approximate surface area is 197 Å². The van der Waals surface area contributed by atoms with Crippen LogP contribution in [0.2, 0.25) is 0 Å². The van der Waals surface area contributed by atoms with Crippen LogP contribution in [0.4, 0.5) is 0 Å². The first-order valence-electron chi connectivity index (χ1n) is 9.38. The number of rotatable bonds is 6. The molecule has 0 aromatic heterocycles. The quantitative estimate of drug-likeness (QED) is 0.316. The van der Waals surface area contributed by atoms with Crippen molar-refractivity contribution in [3.05, 3.63) is 30.3 Å². The number of carbonyl (C=O) groups is 4. The molecule has 1 heterocycles. The molecule has 12 heteroatoms. The van der Waals surface area contributed by atoms with E-state index < -0.39 is 54.6 Å². The molecule has 2 rings (SSSR count). The number of hydrogen-bond acceptors (Lipinski definition) is 11. The standard InChI is InChI=1S/C14H20O10.C6H5SSe/c1-6(15)20-5-10-11(21-7(2)16)12(22-8(3)17)13(14(19)24-10)23-9(4)18;8-7-6-4-2-1-3-5-6/h10-14,19H,5H2,1-4H3;1-5H/t10-,11-,12+,13-,14-;/m1./s1. The summed E-state index contributed by atoms with van der Waals surface area (Å²) in [4.78, 5) is 46.1. The SMILES string of the molecule is CC(=O)OC[C@H]1O[C@@H](O)[C@H](OC(C)=O)[C@@H](OC(C)=O)[C@@H]1OC(C)=O.[Se]Sc1ccccc1. The van der Waals surface area contributed by atoms with Gasteiger partial charge in [0.2, 0.25) is 0 Å². The van der Waals surface area contributed by atoms with Crippen LogP contribution in [0.15, 0.2) is 35.2 Å². The van der Waals surface area contributed by atoms with Crippen LogP contribution in [0.3, 0.4) is 0 Å². The number of aliphatic hydroxyl groups is 1. The monoisotopic (exact) mass is 537 g/mol. The third kappa shape index (κ3) is 10.0. The molecule has 5 atom stereocenters. The summed E-state index contributed by atoms with van der Waals surface area (Å²) in [5, 5.41) is 10.0.